The van der Waals surface area contributed by atoms with Crippen LogP contribution in [0.1, 0.15) is 34.7 Å². The Morgan fingerprint density at radius 3 is 2.49 bits per heavy atom. The molecule has 0 spiro atoms. The third kappa shape index (κ3) is 4.01. The van der Waals surface area contributed by atoms with Gasteiger partial charge in [-0.25, -0.2) is 4.99 Å². The summed E-state index contributed by atoms with van der Waals surface area (Å²) in [6, 6.07) is 35.3. The number of nitrogens with zero attached hydrogens (tertiary/aromatic N) is 2. The zero-order valence-electron chi connectivity index (χ0n) is 22.0. The first kappa shape index (κ1) is 24.5. The highest BCUT2D eigenvalue weighted by Crippen LogP contribution is 2.41. The fourth-order valence-corrected chi connectivity index (χ4v) is 7.49. The van der Waals surface area contributed by atoms with Crippen LogP contribution in [0.25, 0.3) is 33.9 Å². The molecular formula is C35H24BrN3OS. The van der Waals surface area contributed by atoms with E-state index >= 15 is 0 Å². The number of aromatic nitrogens is 2. The largest absolute Gasteiger partial charge is 0.354 e. The summed E-state index contributed by atoms with van der Waals surface area (Å²) in [7, 11) is 0. The number of hydrogen-bond acceptors (Lipinski definition) is 3. The highest BCUT2D eigenvalue weighted by Gasteiger charge is 2.32. The molecule has 41 heavy (non-hydrogen) atoms. The summed E-state index contributed by atoms with van der Waals surface area (Å²) >= 11 is 5.06. The van der Waals surface area contributed by atoms with E-state index in [1.807, 2.05) is 34.9 Å². The van der Waals surface area contributed by atoms with Crippen LogP contribution in [0.2, 0.25) is 0 Å². The number of thiazole rings is 1. The van der Waals surface area contributed by atoms with Crippen LogP contribution < -0.4 is 14.9 Å². The van der Waals surface area contributed by atoms with Crippen LogP contribution in [-0.4, -0.2) is 9.55 Å². The van der Waals surface area contributed by atoms with Gasteiger partial charge in [-0.1, -0.05) is 112 Å². The third-order valence-electron chi connectivity index (χ3n) is 8.14. The number of halogens is 1. The highest BCUT2D eigenvalue weighted by atomic mass is 79.9. The lowest BCUT2D eigenvalue weighted by atomic mass is 9.83. The van der Waals surface area contributed by atoms with Gasteiger partial charge in [-0.2, -0.15) is 0 Å². The van der Waals surface area contributed by atoms with Gasteiger partial charge < -0.3 is 4.98 Å². The van der Waals surface area contributed by atoms with Gasteiger partial charge in [-0.05, 0) is 59.4 Å². The number of allylic oxidation sites excluding steroid dienone is 1. The molecule has 0 amide bonds. The summed E-state index contributed by atoms with van der Waals surface area (Å²) in [5, 5.41) is 1.09. The highest BCUT2D eigenvalue weighted by molar-refractivity contribution is 9.10. The topological polar surface area (TPSA) is 50.1 Å². The zero-order chi connectivity index (χ0) is 27.5. The SMILES string of the molecule is O=c1/c(=C\c2c(-c3ccccc3)[nH]c3ccccc23)sc2n1[C@H](c1ccc(Br)cc1)C1=C(N=2)c2ccccc2CC1. The predicted octanol–water partition coefficient (Wildman–Crippen LogP) is 7.23. The lowest BCUT2D eigenvalue weighted by molar-refractivity contribution is 0.585. The second kappa shape index (κ2) is 9.68. The molecule has 4 nitrogen and oxygen atoms in total. The van der Waals surface area contributed by atoms with Crippen molar-refractivity contribution in [2.24, 2.45) is 4.99 Å². The number of para-hydroxylation sites is 1. The van der Waals surface area contributed by atoms with Gasteiger partial charge in [0, 0.05) is 26.5 Å². The van der Waals surface area contributed by atoms with Gasteiger partial charge in [0.15, 0.2) is 4.80 Å². The van der Waals surface area contributed by atoms with E-state index in [-0.39, 0.29) is 11.6 Å². The first-order valence-electron chi connectivity index (χ1n) is 13.7. The van der Waals surface area contributed by atoms with Gasteiger partial charge in [0.2, 0.25) is 0 Å². The Morgan fingerprint density at radius 1 is 0.878 bits per heavy atom. The molecule has 4 aromatic carbocycles. The van der Waals surface area contributed by atoms with E-state index in [1.165, 1.54) is 28.0 Å². The molecule has 0 fully saturated rings. The molecule has 2 aliphatic rings. The quantitative estimate of drug-likeness (QED) is 0.225. The first-order chi connectivity index (χ1) is 20.2. The predicted molar refractivity (Wildman–Crippen MR) is 171 cm³/mol. The van der Waals surface area contributed by atoms with Crippen molar-refractivity contribution in [3.05, 3.63) is 155 Å². The van der Waals surface area contributed by atoms with Crippen molar-refractivity contribution in [3.8, 4) is 11.3 Å². The summed E-state index contributed by atoms with van der Waals surface area (Å²) in [5.41, 5.74) is 9.98. The Bertz CT molecular complexity index is 2190. The maximum Gasteiger partial charge on any atom is 0.271 e. The Labute approximate surface area is 248 Å². The van der Waals surface area contributed by atoms with E-state index in [2.05, 4.69) is 99.8 Å². The Balaban J connectivity index is 1.40. The molecule has 0 saturated heterocycles. The van der Waals surface area contributed by atoms with Crippen LogP contribution in [-0.2, 0) is 6.42 Å². The van der Waals surface area contributed by atoms with Crippen LogP contribution in [0, 0.1) is 0 Å². The number of benzene rings is 4. The average Bonchev–Trinajstić information content (AvgIpc) is 3.54. The molecule has 2 aromatic heterocycles. The number of hydrogen-bond donors (Lipinski definition) is 1. The number of aryl methyl sites for hydroxylation is 1. The van der Waals surface area contributed by atoms with E-state index in [4.69, 9.17) is 4.99 Å². The number of rotatable bonds is 3. The second-order valence-corrected chi connectivity index (χ2v) is 12.4. The number of H-pyrrole nitrogens is 1. The minimum Gasteiger partial charge on any atom is -0.354 e. The maximum absolute atomic E-state index is 14.3. The fourth-order valence-electron chi connectivity index (χ4n) is 6.24. The van der Waals surface area contributed by atoms with Crippen molar-refractivity contribution >= 4 is 49.9 Å². The van der Waals surface area contributed by atoms with Gasteiger partial charge >= 0.3 is 0 Å². The van der Waals surface area contributed by atoms with Crippen molar-refractivity contribution in [2.75, 3.05) is 0 Å². The van der Waals surface area contributed by atoms with Crippen LogP contribution in [0.4, 0.5) is 0 Å². The van der Waals surface area contributed by atoms with E-state index in [0.29, 0.717) is 4.53 Å². The normalized spacial score (nSPS) is 16.3. The summed E-state index contributed by atoms with van der Waals surface area (Å²) in [6.07, 6.45) is 3.87. The molecule has 6 heteroatoms. The molecule has 3 heterocycles. The molecule has 1 atom stereocenters. The average molecular weight is 615 g/mol. The van der Waals surface area contributed by atoms with Gasteiger partial charge in [0.1, 0.15) is 0 Å². The van der Waals surface area contributed by atoms with E-state index in [9.17, 15) is 4.79 Å². The zero-order valence-corrected chi connectivity index (χ0v) is 24.4. The minimum atomic E-state index is -0.193. The third-order valence-corrected chi connectivity index (χ3v) is 9.65. The molecule has 198 valence electrons. The van der Waals surface area contributed by atoms with Gasteiger partial charge in [-0.3, -0.25) is 9.36 Å². The van der Waals surface area contributed by atoms with Gasteiger partial charge in [-0.15, -0.1) is 0 Å². The molecule has 1 aliphatic carbocycles. The first-order valence-corrected chi connectivity index (χ1v) is 15.3. The van der Waals surface area contributed by atoms with Crippen molar-refractivity contribution in [2.45, 2.75) is 18.9 Å². The number of fused-ring (bicyclic) bond motifs is 4. The molecule has 1 N–H and O–H groups in total. The molecule has 1 aliphatic heterocycles. The Hall–Kier alpha value is -4.26. The molecule has 0 radical (unpaired) electrons. The molecule has 0 saturated carbocycles. The lowest BCUT2D eigenvalue weighted by Gasteiger charge is -2.30. The maximum atomic E-state index is 14.3. The van der Waals surface area contributed by atoms with Crippen LogP contribution in [0.15, 0.2) is 123 Å². The smallest absolute Gasteiger partial charge is 0.271 e. The van der Waals surface area contributed by atoms with Gasteiger partial charge in [0.25, 0.3) is 5.56 Å². The lowest BCUT2D eigenvalue weighted by Crippen LogP contribution is -2.38. The molecule has 0 bridgehead atoms. The minimum absolute atomic E-state index is 0.00336. The van der Waals surface area contributed by atoms with E-state index < -0.39 is 0 Å². The summed E-state index contributed by atoms with van der Waals surface area (Å²) in [6.45, 7) is 0. The van der Waals surface area contributed by atoms with E-state index in [1.54, 1.807) is 0 Å². The van der Waals surface area contributed by atoms with Crippen LogP contribution >= 0.6 is 27.3 Å². The summed E-state index contributed by atoms with van der Waals surface area (Å²) < 4.78 is 3.62. The Kier molecular flexibility index (Phi) is 5.79. The van der Waals surface area contributed by atoms with Crippen molar-refractivity contribution in [1.82, 2.24) is 9.55 Å². The van der Waals surface area contributed by atoms with Crippen LogP contribution in [0.5, 0.6) is 0 Å². The van der Waals surface area contributed by atoms with Gasteiger partial charge in [0.05, 0.1) is 22.0 Å². The van der Waals surface area contributed by atoms with Crippen LogP contribution in [0.3, 0.4) is 0 Å². The Morgan fingerprint density at radius 2 is 1.63 bits per heavy atom. The summed E-state index contributed by atoms with van der Waals surface area (Å²) in [4.78, 5) is 23.9. The molecule has 6 aromatic rings. The number of aromatic amines is 1. The van der Waals surface area contributed by atoms with E-state index in [0.717, 1.165) is 61.1 Å². The summed E-state index contributed by atoms with van der Waals surface area (Å²) in [5.74, 6) is 0. The van der Waals surface area contributed by atoms with Crippen molar-refractivity contribution in [1.29, 1.82) is 0 Å². The second-order valence-electron chi connectivity index (χ2n) is 10.5. The standard InChI is InChI=1S/C35H24BrN3OS/c36-24-17-14-23(15-18-24)33-27-19-16-21-8-4-5-11-25(21)32(27)38-35-39(33)34(40)30(41-35)20-28-26-12-6-7-13-29(26)37-31(28)22-9-2-1-3-10-22/h1-15,17-18,20,33,37H,16,19H2/b30-20+/t33-/m1/s1. The molecule has 0 unspecified atom stereocenters. The fraction of sp³-hybridized carbons (Fsp3) is 0.0857. The molecular weight excluding hydrogens is 590 g/mol. The molecule has 8 rings (SSSR count). The monoisotopic (exact) mass is 613 g/mol. The number of nitrogens with one attached hydrogen (secondary N) is 1. The van der Waals surface area contributed by atoms with Crippen molar-refractivity contribution in [3.63, 3.8) is 0 Å². The van der Waals surface area contributed by atoms with Crippen molar-refractivity contribution < 1.29 is 0 Å².